The monoisotopic (exact) mass is 1870 g/mol. The lowest BCUT2D eigenvalue weighted by atomic mass is 9.90. The van der Waals surface area contributed by atoms with Gasteiger partial charge >= 0.3 is 41.8 Å². The van der Waals surface area contributed by atoms with Gasteiger partial charge in [0, 0.05) is 49.2 Å². The summed E-state index contributed by atoms with van der Waals surface area (Å²) in [7, 11) is 0. The van der Waals surface area contributed by atoms with Gasteiger partial charge in [-0.05, 0) is 295 Å². The molecule has 23 heteroatoms. The smallest absolute Gasteiger partial charge is 0.316 e. The average molecular weight is 1870 g/mol. The predicted molar refractivity (Wildman–Crippen MR) is 539 cm³/mol. The molecule has 0 spiro atoms. The van der Waals surface area contributed by atoms with Crippen molar-refractivity contribution in [2.45, 2.75) is 204 Å². The van der Waals surface area contributed by atoms with Crippen LogP contribution >= 0.6 is 0 Å². The van der Waals surface area contributed by atoms with Gasteiger partial charge in [-0.1, -0.05) is 176 Å². The minimum Gasteiger partial charge on any atom is -0.508 e. The number of rotatable bonds is 23. The minimum absolute atomic E-state index is 0.0485. The molecule has 14 rings (SSSR count). The zero-order valence-electron chi connectivity index (χ0n) is 82.2. The van der Waals surface area contributed by atoms with Gasteiger partial charge in [-0.3, -0.25) is 33.6 Å². The summed E-state index contributed by atoms with van der Waals surface area (Å²) < 4.78 is 38.0. The summed E-state index contributed by atoms with van der Waals surface area (Å²) >= 11 is 0. The molecular formula is C114H130O23. The first-order valence-corrected chi connectivity index (χ1v) is 45.8. The van der Waals surface area contributed by atoms with Crippen LogP contribution < -0.4 is 23.7 Å². The third kappa shape index (κ3) is 28.5. The molecule has 0 aliphatic carbocycles. The lowest BCUT2D eigenvalue weighted by molar-refractivity contribution is -0.156. The molecule has 0 amide bonds. The van der Waals surface area contributed by atoms with Crippen LogP contribution in [0.5, 0.6) is 80.5 Å². The Labute approximate surface area is 801 Å². The maximum atomic E-state index is 12.1. The van der Waals surface area contributed by atoms with Crippen molar-refractivity contribution < 1.29 is 113 Å². The molecule has 0 radical (unpaired) electrons. The lowest BCUT2D eigenvalue weighted by Gasteiger charge is -2.20. The molecule has 0 bridgehead atoms. The Bertz CT molecular complexity index is 6600. The Hall–Kier alpha value is -14.6. The van der Waals surface area contributed by atoms with Crippen LogP contribution in [0.25, 0.3) is 75.4 Å². The fourth-order valence-corrected chi connectivity index (χ4v) is 12.5. The second-order valence-corrected chi connectivity index (χ2v) is 38.0. The third-order valence-corrected chi connectivity index (χ3v) is 25.1. The highest BCUT2D eigenvalue weighted by Gasteiger charge is 2.34. The summed E-state index contributed by atoms with van der Waals surface area (Å²) in [5.74, 6) is 0.967. The van der Waals surface area contributed by atoms with E-state index in [0.717, 1.165) is 78.9 Å². The number of carbonyl (C=O) groups excluding carboxylic acids is 7. The number of hydrogen-bond donors (Lipinski definition) is 9. The maximum Gasteiger partial charge on any atom is 0.316 e. The van der Waals surface area contributed by atoms with Crippen LogP contribution in [-0.2, 0) is 56.2 Å². The quantitative estimate of drug-likeness (QED) is 0.0163. The summed E-state index contributed by atoms with van der Waals surface area (Å²) in [6.07, 6.45) is 4.97. The van der Waals surface area contributed by atoms with Crippen molar-refractivity contribution in [1.29, 1.82) is 0 Å². The first-order valence-electron chi connectivity index (χ1n) is 45.8. The van der Waals surface area contributed by atoms with Crippen LogP contribution in [-0.4, -0.2) is 87.7 Å². The largest absolute Gasteiger partial charge is 0.508 e. The van der Waals surface area contributed by atoms with E-state index >= 15 is 0 Å². The number of benzene rings is 14. The number of aromatic hydroxyl groups is 9. The summed E-state index contributed by atoms with van der Waals surface area (Å²) in [6, 6.07) is 69.2. The van der Waals surface area contributed by atoms with Crippen LogP contribution in [0.1, 0.15) is 201 Å². The molecule has 0 atom stereocenters. The summed E-state index contributed by atoms with van der Waals surface area (Å²) in [6.45, 7) is 40.1. The highest BCUT2D eigenvalue weighted by molar-refractivity contribution is 6.00. The van der Waals surface area contributed by atoms with Crippen molar-refractivity contribution in [1.82, 2.24) is 0 Å². The summed E-state index contributed by atoms with van der Waals surface area (Å²) in [4.78, 5) is 84.4. The average Bonchev–Trinajstić information content (AvgIpc) is 0.802. The standard InChI is InChI=1S/2C17H20O3.2C16H18O4.3C16H18O3/c1-4-17(2,3)16(19)20-11-12-7-5-9-14-13(12)8-6-10-15(14)18;1-4-17(2,3)16(19)20-11-12-5-6-14-10-15(18)8-7-13(14)9-12;1-4-16(2,3)15(19)20-14-7-5-6-11-12(14)8-10(17)9-13(11)18;1-4-16(2,3)15(19)20-13-7-5-6-11-10(13)8-9-12(17)14(11)18;1-4-16(2,3)15(18)19-14-10-6-7-11-12(14)8-5-9-13(11)17;1-4-16(2,3)15(18)19-14-8-6-11-9-13(17)7-5-12(11)10-14;1-4-16(2,3)15(18)19-14-7-5-6-11-8-9-12(17)10-13(11)14/h2*5-10,18H,4,11H2,1-3H3;2*5-9,17-18H,4H2,1-3H3;3*5-10,17H,4H2,1-3H3. The van der Waals surface area contributed by atoms with Gasteiger partial charge in [0.2, 0.25) is 0 Å². The number of esters is 7. The molecule has 724 valence electrons. The fraction of sp³-hybridized carbons (Fsp3) is 0.325. The van der Waals surface area contributed by atoms with Crippen LogP contribution in [0.15, 0.2) is 243 Å². The topological polar surface area (TPSA) is 366 Å². The molecule has 14 aromatic rings. The summed E-state index contributed by atoms with van der Waals surface area (Å²) in [5.41, 5.74) is -1.72. The molecule has 23 nitrogen and oxygen atoms in total. The van der Waals surface area contributed by atoms with Gasteiger partial charge in [-0.25, -0.2) is 0 Å². The van der Waals surface area contributed by atoms with Crippen molar-refractivity contribution in [3.8, 4) is 80.5 Å². The van der Waals surface area contributed by atoms with E-state index in [1.807, 2.05) is 218 Å². The Morgan fingerprint density at radius 3 is 1.01 bits per heavy atom. The molecule has 9 N–H and O–H groups in total. The van der Waals surface area contributed by atoms with Crippen molar-refractivity contribution in [3.63, 3.8) is 0 Å². The summed E-state index contributed by atoms with van der Waals surface area (Å²) in [5, 5.41) is 97.4. The fourth-order valence-electron chi connectivity index (χ4n) is 12.5. The maximum absolute atomic E-state index is 12.1. The molecular weight excluding hydrogens is 1740 g/mol. The van der Waals surface area contributed by atoms with Crippen molar-refractivity contribution >= 4 is 117 Å². The lowest BCUT2D eigenvalue weighted by Crippen LogP contribution is -2.28. The zero-order chi connectivity index (χ0) is 101. The van der Waals surface area contributed by atoms with Crippen LogP contribution in [0, 0.1) is 37.9 Å². The van der Waals surface area contributed by atoms with E-state index in [9.17, 15) is 79.5 Å². The highest BCUT2D eigenvalue weighted by atomic mass is 16.6. The molecule has 0 aromatic heterocycles. The van der Waals surface area contributed by atoms with E-state index in [1.165, 1.54) is 18.2 Å². The SMILES string of the molecule is CCC(C)(C)C(=O)OCc1ccc2cc(O)ccc2c1.CCC(C)(C)C(=O)OCc1cccc2c(O)cccc12.CCC(C)(C)C(=O)Oc1ccc2cc(O)ccc2c1.CCC(C)(C)C(=O)Oc1cccc2c(O)c(O)ccc12.CCC(C)(C)C(=O)Oc1cccc2c(O)cc(O)cc12.CCC(C)(C)C(=O)Oc1cccc2c(O)cccc12.CCC(C)(C)C(=O)Oc1cccc2ccc(O)cc12. The zero-order valence-corrected chi connectivity index (χ0v) is 82.2. The molecule has 0 fully saturated rings. The van der Waals surface area contributed by atoms with E-state index in [4.69, 9.17) is 33.2 Å². The molecule has 14 aromatic carbocycles. The van der Waals surface area contributed by atoms with Crippen LogP contribution in [0.3, 0.4) is 0 Å². The van der Waals surface area contributed by atoms with E-state index < -0.39 is 37.9 Å². The number of phenols is 9. The Morgan fingerprint density at radius 1 is 0.226 bits per heavy atom. The van der Waals surface area contributed by atoms with E-state index in [0.29, 0.717) is 81.4 Å². The highest BCUT2D eigenvalue weighted by Crippen LogP contribution is 2.42. The predicted octanol–water partition coefficient (Wildman–Crippen LogP) is 26.9. The number of phenolic OH excluding ortho intramolecular Hbond substituents is 9. The first-order chi connectivity index (χ1) is 64.4. The number of fused-ring (bicyclic) bond motifs is 7. The Kier molecular flexibility index (Phi) is 36.6. The number of ether oxygens (including phenoxy) is 7. The van der Waals surface area contributed by atoms with Crippen molar-refractivity contribution in [2.75, 3.05) is 0 Å². The van der Waals surface area contributed by atoms with Gasteiger partial charge in [0.25, 0.3) is 0 Å². The molecule has 0 heterocycles. The molecule has 137 heavy (non-hydrogen) atoms. The molecule has 0 unspecified atom stereocenters. The van der Waals surface area contributed by atoms with E-state index in [1.54, 1.807) is 152 Å². The Morgan fingerprint density at radius 2 is 0.547 bits per heavy atom. The van der Waals surface area contributed by atoms with E-state index in [2.05, 4.69) is 0 Å². The molecule has 0 aliphatic heterocycles. The van der Waals surface area contributed by atoms with Gasteiger partial charge in [0.1, 0.15) is 82.2 Å². The van der Waals surface area contributed by atoms with Crippen molar-refractivity contribution in [2.24, 2.45) is 37.9 Å². The van der Waals surface area contributed by atoms with Crippen LogP contribution in [0.4, 0.5) is 0 Å². The molecule has 0 saturated heterocycles. The van der Waals surface area contributed by atoms with Gasteiger partial charge in [0.15, 0.2) is 11.5 Å². The number of carbonyl (C=O) groups is 7. The molecule has 0 saturated carbocycles. The van der Waals surface area contributed by atoms with Gasteiger partial charge in [0.05, 0.1) is 37.9 Å². The van der Waals surface area contributed by atoms with Gasteiger partial charge in [-0.15, -0.1) is 0 Å². The Balaban J connectivity index is 0.000000196. The van der Waals surface area contributed by atoms with E-state index in [-0.39, 0.29) is 107 Å². The third-order valence-electron chi connectivity index (χ3n) is 25.1. The second kappa shape index (κ2) is 46.6. The van der Waals surface area contributed by atoms with Gasteiger partial charge in [-0.2, -0.15) is 0 Å². The normalized spacial score (nSPS) is 11.5. The number of hydrogen-bond acceptors (Lipinski definition) is 23. The van der Waals surface area contributed by atoms with Crippen molar-refractivity contribution in [3.05, 3.63) is 254 Å². The van der Waals surface area contributed by atoms with Crippen LogP contribution in [0.2, 0.25) is 0 Å². The molecule has 0 aliphatic rings. The minimum atomic E-state index is -0.582. The van der Waals surface area contributed by atoms with Gasteiger partial charge < -0.3 is 79.1 Å². The second-order valence-electron chi connectivity index (χ2n) is 38.0. The first kappa shape index (κ1) is 108.